The average Bonchev–Trinajstić information content (AvgIpc) is 3.68. The third kappa shape index (κ3) is 6.62. The smallest absolute Gasteiger partial charge is 0.131 e. The Morgan fingerprint density at radius 3 is 1.82 bits per heavy atom. The summed E-state index contributed by atoms with van der Waals surface area (Å²) >= 11 is 0. The van der Waals surface area contributed by atoms with Gasteiger partial charge in [-0.3, -0.25) is 5.32 Å². The molecule has 0 radical (unpaired) electrons. The summed E-state index contributed by atoms with van der Waals surface area (Å²) in [6.07, 6.45) is 0.890. The molecule has 0 aliphatic carbocycles. The molecule has 3 unspecified atom stereocenters. The number of nitrogens with zero attached hydrogens (tertiary/aromatic N) is 2. The van der Waals surface area contributed by atoms with Crippen molar-refractivity contribution in [2.24, 2.45) is 4.99 Å². The lowest BCUT2D eigenvalue weighted by atomic mass is 9.93. The molecular weight excluding hydrogens is 695 g/mol. The van der Waals surface area contributed by atoms with E-state index in [1.807, 2.05) is 0 Å². The zero-order chi connectivity index (χ0) is 38.1. The lowest BCUT2D eigenvalue weighted by Gasteiger charge is -2.32. The van der Waals surface area contributed by atoms with E-state index in [2.05, 4.69) is 222 Å². The van der Waals surface area contributed by atoms with Gasteiger partial charge in [-0.05, 0) is 86.0 Å². The van der Waals surface area contributed by atoms with Crippen molar-refractivity contribution < 1.29 is 0 Å². The van der Waals surface area contributed by atoms with Crippen LogP contribution >= 0.6 is 0 Å². The maximum absolute atomic E-state index is 5.20. The number of anilines is 3. The lowest BCUT2D eigenvalue weighted by Crippen LogP contribution is -2.44. The van der Waals surface area contributed by atoms with E-state index in [0.717, 1.165) is 28.9 Å². The Balaban J connectivity index is 0.923. The number of amidine groups is 1. The highest BCUT2D eigenvalue weighted by atomic mass is 15.3. The van der Waals surface area contributed by atoms with Crippen molar-refractivity contribution in [2.45, 2.75) is 31.8 Å². The molecule has 8 aromatic rings. The second kappa shape index (κ2) is 14.9. The number of fused-ring (bicyclic) bond motifs is 2. The molecule has 8 aromatic carbocycles. The van der Waals surface area contributed by atoms with E-state index in [1.54, 1.807) is 0 Å². The van der Waals surface area contributed by atoms with Gasteiger partial charge in [-0.2, -0.15) is 0 Å². The molecule has 5 nitrogen and oxygen atoms in total. The topological polar surface area (TPSA) is 51.7 Å². The number of benzene rings is 8. The Hall–Kier alpha value is -6.95. The molecule has 0 bridgehead atoms. The maximum atomic E-state index is 5.20. The standard InChI is InChI=1S/C52H43N5/c1-2-49-53-47-21-10-11-22-48(47)57(49)42-33-31-38(32-34-42)45-19-9-8-18-44(45)36-23-27-40(28-24-36)51-54-50(39-14-4-3-5-15-39)55-52(56-51)41-29-25-37(26-30-41)46-20-12-16-35-13-6-7-17-43(35)46/h3-34,49-51,53-54H,2H2,1H3,(H,55,56). The molecule has 57 heavy (non-hydrogen) atoms. The minimum absolute atomic E-state index is 0.144. The Morgan fingerprint density at radius 2 is 1.07 bits per heavy atom. The molecule has 0 fully saturated rings. The van der Waals surface area contributed by atoms with Gasteiger partial charge >= 0.3 is 0 Å². The van der Waals surface area contributed by atoms with Crippen molar-refractivity contribution in [2.75, 3.05) is 10.2 Å². The highest BCUT2D eigenvalue weighted by molar-refractivity contribution is 6.01. The van der Waals surface area contributed by atoms with E-state index in [-0.39, 0.29) is 18.5 Å². The molecule has 2 aliphatic heterocycles. The van der Waals surface area contributed by atoms with Gasteiger partial charge in [-0.15, -0.1) is 0 Å². The predicted molar refractivity (Wildman–Crippen MR) is 238 cm³/mol. The fraction of sp³-hybridized carbons (Fsp3) is 0.0962. The molecule has 0 saturated heterocycles. The molecule has 276 valence electrons. The number of hydrogen-bond acceptors (Lipinski definition) is 5. The highest BCUT2D eigenvalue weighted by Gasteiger charge is 2.29. The molecule has 2 heterocycles. The van der Waals surface area contributed by atoms with Crippen molar-refractivity contribution in [1.82, 2.24) is 10.6 Å². The molecule has 3 atom stereocenters. The van der Waals surface area contributed by atoms with E-state index in [9.17, 15) is 0 Å². The quantitative estimate of drug-likeness (QED) is 0.145. The molecule has 0 saturated carbocycles. The number of para-hydroxylation sites is 2. The summed E-state index contributed by atoms with van der Waals surface area (Å²) in [5, 5.41) is 13.7. The first kappa shape index (κ1) is 34.5. The monoisotopic (exact) mass is 737 g/mol. The fourth-order valence-corrected chi connectivity index (χ4v) is 8.43. The van der Waals surface area contributed by atoms with Gasteiger partial charge in [-0.1, -0.05) is 177 Å². The van der Waals surface area contributed by atoms with Crippen LogP contribution in [-0.2, 0) is 0 Å². The van der Waals surface area contributed by atoms with Gasteiger partial charge in [-0.25, -0.2) is 4.99 Å². The number of hydrogen-bond donors (Lipinski definition) is 3. The van der Waals surface area contributed by atoms with Gasteiger partial charge in [0.15, 0.2) is 0 Å². The summed E-state index contributed by atoms with van der Waals surface area (Å²) in [6.45, 7) is 2.23. The summed E-state index contributed by atoms with van der Waals surface area (Å²) in [5.74, 6) is 0.869. The maximum Gasteiger partial charge on any atom is 0.131 e. The van der Waals surface area contributed by atoms with E-state index < -0.39 is 0 Å². The molecule has 0 aromatic heterocycles. The zero-order valence-corrected chi connectivity index (χ0v) is 31.8. The van der Waals surface area contributed by atoms with Crippen LogP contribution in [0.4, 0.5) is 17.1 Å². The fourth-order valence-electron chi connectivity index (χ4n) is 8.43. The van der Waals surface area contributed by atoms with E-state index in [1.165, 1.54) is 61.2 Å². The minimum Gasteiger partial charge on any atom is -0.363 e. The first-order valence-corrected chi connectivity index (χ1v) is 19.9. The van der Waals surface area contributed by atoms with Crippen LogP contribution in [-0.4, -0.2) is 12.0 Å². The largest absolute Gasteiger partial charge is 0.363 e. The van der Waals surface area contributed by atoms with Crippen LogP contribution in [0.25, 0.3) is 44.2 Å². The Kier molecular flexibility index (Phi) is 9.05. The minimum atomic E-state index is -0.203. The average molecular weight is 738 g/mol. The normalized spacial score (nSPS) is 17.4. The first-order chi connectivity index (χ1) is 28.2. The van der Waals surface area contributed by atoms with Crippen LogP contribution in [0.1, 0.15) is 42.4 Å². The van der Waals surface area contributed by atoms with Gasteiger partial charge in [0.1, 0.15) is 24.3 Å². The SMILES string of the molecule is CCC1Nc2ccccc2N1c1ccc(-c2ccccc2-c2ccc(C3NC(c4ccc(-c5cccc6ccccc56)cc4)=NC(c4ccccc4)N3)cc2)cc1. The summed E-state index contributed by atoms with van der Waals surface area (Å²) < 4.78 is 0. The summed E-state index contributed by atoms with van der Waals surface area (Å²) in [7, 11) is 0. The Bertz CT molecular complexity index is 2700. The van der Waals surface area contributed by atoms with E-state index >= 15 is 0 Å². The molecule has 0 spiro atoms. The third-order valence-electron chi connectivity index (χ3n) is 11.4. The van der Waals surface area contributed by atoms with Crippen molar-refractivity contribution >= 4 is 33.7 Å². The predicted octanol–water partition coefficient (Wildman–Crippen LogP) is 12.5. The number of aliphatic imine (C=N–C) groups is 1. The number of nitrogens with one attached hydrogen (secondary N) is 3. The van der Waals surface area contributed by atoms with E-state index in [4.69, 9.17) is 4.99 Å². The Morgan fingerprint density at radius 1 is 0.491 bits per heavy atom. The van der Waals surface area contributed by atoms with Crippen LogP contribution in [0.15, 0.2) is 199 Å². The zero-order valence-electron chi connectivity index (χ0n) is 31.8. The number of rotatable bonds is 8. The van der Waals surface area contributed by atoms with Crippen molar-refractivity contribution in [3.8, 4) is 33.4 Å². The summed E-state index contributed by atoms with van der Waals surface area (Å²) in [5.41, 5.74) is 14.1. The van der Waals surface area contributed by atoms with Crippen LogP contribution in [0.2, 0.25) is 0 Å². The van der Waals surface area contributed by atoms with E-state index in [0.29, 0.717) is 0 Å². The molecule has 5 heteroatoms. The molecule has 10 rings (SSSR count). The molecule has 2 aliphatic rings. The molecular formula is C52H43N5. The second-order valence-electron chi connectivity index (χ2n) is 14.8. The lowest BCUT2D eigenvalue weighted by molar-refractivity contribution is 0.409. The van der Waals surface area contributed by atoms with Crippen molar-refractivity contribution in [3.63, 3.8) is 0 Å². The van der Waals surface area contributed by atoms with Crippen molar-refractivity contribution in [3.05, 3.63) is 211 Å². The molecule has 0 amide bonds. The van der Waals surface area contributed by atoms with Gasteiger partial charge < -0.3 is 15.5 Å². The summed E-state index contributed by atoms with van der Waals surface area (Å²) in [6, 6.07) is 69.6. The summed E-state index contributed by atoms with van der Waals surface area (Å²) in [4.78, 5) is 7.61. The third-order valence-corrected chi connectivity index (χ3v) is 11.4. The van der Waals surface area contributed by atoms with Gasteiger partial charge in [0.2, 0.25) is 0 Å². The van der Waals surface area contributed by atoms with Crippen LogP contribution in [0.3, 0.4) is 0 Å². The second-order valence-corrected chi connectivity index (χ2v) is 14.8. The van der Waals surface area contributed by atoms with Gasteiger partial charge in [0.05, 0.1) is 11.4 Å². The van der Waals surface area contributed by atoms with Gasteiger partial charge in [0, 0.05) is 11.3 Å². The highest BCUT2D eigenvalue weighted by Crippen LogP contribution is 2.42. The first-order valence-electron chi connectivity index (χ1n) is 19.9. The van der Waals surface area contributed by atoms with Crippen molar-refractivity contribution in [1.29, 1.82) is 0 Å². The Labute approximate surface area is 334 Å². The van der Waals surface area contributed by atoms with Gasteiger partial charge in [0.25, 0.3) is 0 Å². The van der Waals surface area contributed by atoms with Crippen LogP contribution in [0, 0.1) is 0 Å². The van der Waals surface area contributed by atoms with Crippen LogP contribution < -0.4 is 20.9 Å². The molecule has 3 N–H and O–H groups in total. The van der Waals surface area contributed by atoms with Crippen LogP contribution in [0.5, 0.6) is 0 Å².